The SMILES string of the molecule is CN(CCC(=O)N[C@@H]1CN(CCO)C[C@H]1C1CC1)S(C)(=O)=O. The molecule has 2 rings (SSSR count). The number of carbonyl (C=O) groups is 1. The number of rotatable bonds is 8. The molecule has 8 heteroatoms. The van der Waals surface area contributed by atoms with E-state index in [1.165, 1.54) is 24.2 Å². The van der Waals surface area contributed by atoms with E-state index >= 15 is 0 Å². The van der Waals surface area contributed by atoms with Gasteiger partial charge in [-0.3, -0.25) is 9.69 Å². The predicted molar refractivity (Wildman–Crippen MR) is 83.8 cm³/mol. The Bertz CT molecular complexity index is 492. The Balaban J connectivity index is 1.81. The van der Waals surface area contributed by atoms with Crippen LogP contribution in [0.15, 0.2) is 0 Å². The van der Waals surface area contributed by atoms with Crippen LogP contribution in [-0.4, -0.2) is 80.8 Å². The number of nitrogens with zero attached hydrogens (tertiary/aromatic N) is 2. The Labute approximate surface area is 132 Å². The van der Waals surface area contributed by atoms with Gasteiger partial charge in [-0.2, -0.15) is 0 Å². The van der Waals surface area contributed by atoms with E-state index in [9.17, 15) is 13.2 Å². The molecule has 0 aromatic rings. The Morgan fingerprint density at radius 2 is 2.05 bits per heavy atom. The normalized spacial score (nSPS) is 26.5. The minimum absolute atomic E-state index is 0.100. The molecule has 0 aromatic heterocycles. The number of β-amino-alcohol motifs (C(OH)–C–C–N with tert-alkyl or cyclic N) is 1. The van der Waals surface area contributed by atoms with Crippen LogP contribution in [0.1, 0.15) is 19.3 Å². The molecular weight excluding hydrogens is 306 g/mol. The average Bonchev–Trinajstić information content (AvgIpc) is 3.19. The maximum atomic E-state index is 12.1. The molecule has 1 aliphatic heterocycles. The minimum atomic E-state index is -3.24. The summed E-state index contributed by atoms with van der Waals surface area (Å²) in [5.41, 5.74) is 0. The van der Waals surface area contributed by atoms with Gasteiger partial charge < -0.3 is 10.4 Å². The molecular formula is C14H27N3O4S. The first-order valence-electron chi connectivity index (χ1n) is 7.85. The lowest BCUT2D eigenvalue weighted by atomic mass is 9.98. The molecule has 0 bridgehead atoms. The molecule has 0 radical (unpaired) electrons. The third-order valence-corrected chi connectivity index (χ3v) is 5.97. The summed E-state index contributed by atoms with van der Waals surface area (Å²) in [7, 11) is -1.76. The van der Waals surface area contributed by atoms with Gasteiger partial charge in [0.05, 0.1) is 12.9 Å². The van der Waals surface area contributed by atoms with Gasteiger partial charge in [0.15, 0.2) is 0 Å². The van der Waals surface area contributed by atoms with Crippen LogP contribution >= 0.6 is 0 Å². The van der Waals surface area contributed by atoms with Crippen molar-refractivity contribution in [3.05, 3.63) is 0 Å². The second-order valence-corrected chi connectivity index (χ2v) is 8.58. The van der Waals surface area contributed by atoms with E-state index < -0.39 is 10.0 Å². The number of hydrogen-bond donors (Lipinski definition) is 2. The molecule has 2 N–H and O–H groups in total. The molecule has 0 unspecified atom stereocenters. The first-order valence-corrected chi connectivity index (χ1v) is 9.70. The first kappa shape index (κ1) is 17.7. The lowest BCUT2D eigenvalue weighted by Crippen LogP contribution is -2.42. The number of aliphatic hydroxyl groups excluding tert-OH is 1. The molecule has 1 heterocycles. The van der Waals surface area contributed by atoms with Crippen LogP contribution in [0.3, 0.4) is 0 Å². The summed E-state index contributed by atoms with van der Waals surface area (Å²) in [5, 5.41) is 12.1. The Morgan fingerprint density at radius 1 is 1.36 bits per heavy atom. The summed E-state index contributed by atoms with van der Waals surface area (Å²) in [6, 6.07) is 0.120. The van der Waals surface area contributed by atoms with Crippen molar-refractivity contribution in [3.8, 4) is 0 Å². The number of sulfonamides is 1. The fraction of sp³-hybridized carbons (Fsp3) is 0.929. The van der Waals surface area contributed by atoms with Gasteiger partial charge in [0.1, 0.15) is 0 Å². The molecule has 22 heavy (non-hydrogen) atoms. The van der Waals surface area contributed by atoms with E-state index in [1.807, 2.05) is 0 Å². The number of amides is 1. The smallest absolute Gasteiger partial charge is 0.221 e. The molecule has 2 fully saturated rings. The highest BCUT2D eigenvalue weighted by atomic mass is 32.2. The Kier molecular flexibility index (Phi) is 5.81. The molecule has 0 spiro atoms. The van der Waals surface area contributed by atoms with E-state index in [0.29, 0.717) is 18.4 Å². The highest BCUT2D eigenvalue weighted by Gasteiger charge is 2.42. The van der Waals surface area contributed by atoms with Gasteiger partial charge in [-0.05, 0) is 24.7 Å². The Hall–Kier alpha value is -0.700. The van der Waals surface area contributed by atoms with E-state index in [-0.39, 0.29) is 31.5 Å². The largest absolute Gasteiger partial charge is 0.395 e. The minimum Gasteiger partial charge on any atom is -0.395 e. The molecule has 1 aliphatic carbocycles. The zero-order chi connectivity index (χ0) is 16.3. The summed E-state index contributed by atoms with van der Waals surface area (Å²) in [5.74, 6) is 1.05. The molecule has 128 valence electrons. The average molecular weight is 333 g/mol. The fourth-order valence-corrected chi connectivity index (χ4v) is 3.52. The van der Waals surface area contributed by atoms with E-state index in [4.69, 9.17) is 5.11 Å². The summed E-state index contributed by atoms with van der Waals surface area (Å²) in [4.78, 5) is 14.3. The number of likely N-dealkylation sites (tertiary alicyclic amines) is 1. The molecule has 1 saturated carbocycles. The maximum Gasteiger partial charge on any atom is 0.221 e. The molecule has 2 aliphatic rings. The van der Waals surface area contributed by atoms with Crippen molar-refractivity contribution in [2.75, 3.05) is 46.1 Å². The van der Waals surface area contributed by atoms with Gasteiger partial charge >= 0.3 is 0 Å². The first-order chi connectivity index (χ1) is 10.3. The molecule has 7 nitrogen and oxygen atoms in total. The van der Waals surface area contributed by atoms with Crippen molar-refractivity contribution >= 4 is 15.9 Å². The lowest BCUT2D eigenvalue weighted by molar-refractivity contribution is -0.122. The van der Waals surface area contributed by atoms with Gasteiger partial charge in [0.25, 0.3) is 0 Å². The summed E-state index contributed by atoms with van der Waals surface area (Å²) < 4.78 is 23.8. The van der Waals surface area contributed by atoms with Gasteiger partial charge in [0, 0.05) is 45.7 Å². The number of hydrogen-bond acceptors (Lipinski definition) is 5. The van der Waals surface area contributed by atoms with Crippen LogP contribution in [-0.2, 0) is 14.8 Å². The number of carbonyl (C=O) groups excluding carboxylic acids is 1. The zero-order valence-electron chi connectivity index (χ0n) is 13.4. The molecule has 1 amide bonds. The maximum absolute atomic E-state index is 12.1. The predicted octanol–water partition coefficient (Wildman–Crippen LogP) is -0.913. The third kappa shape index (κ3) is 4.91. The molecule has 1 saturated heterocycles. The fourth-order valence-electron chi connectivity index (χ4n) is 3.10. The van der Waals surface area contributed by atoms with E-state index in [2.05, 4.69) is 10.2 Å². The summed E-state index contributed by atoms with van der Waals surface area (Å²) in [6.45, 7) is 2.68. The van der Waals surface area contributed by atoms with Crippen molar-refractivity contribution in [2.45, 2.75) is 25.3 Å². The molecule has 2 atom stereocenters. The van der Waals surface area contributed by atoms with Gasteiger partial charge in [-0.15, -0.1) is 0 Å². The highest BCUT2D eigenvalue weighted by Crippen LogP contribution is 2.41. The standard InChI is InChI=1S/C14H27N3O4S/c1-16(22(2,20)21)6-5-14(19)15-13-10-17(7-8-18)9-12(13)11-3-4-11/h11-13,18H,3-10H2,1-2H3,(H,15,19)/t12-,13+/m0/s1. The van der Waals surface area contributed by atoms with Crippen molar-refractivity contribution in [2.24, 2.45) is 11.8 Å². The van der Waals surface area contributed by atoms with Gasteiger partial charge in [-0.25, -0.2) is 12.7 Å². The quantitative estimate of drug-likeness (QED) is 0.600. The van der Waals surface area contributed by atoms with E-state index in [0.717, 1.165) is 19.3 Å². The Morgan fingerprint density at radius 3 is 2.59 bits per heavy atom. The van der Waals surface area contributed by atoms with Gasteiger partial charge in [0.2, 0.25) is 15.9 Å². The van der Waals surface area contributed by atoms with Gasteiger partial charge in [-0.1, -0.05) is 0 Å². The third-order valence-electron chi connectivity index (χ3n) is 4.65. The number of aliphatic hydroxyl groups is 1. The van der Waals surface area contributed by atoms with E-state index in [1.54, 1.807) is 0 Å². The highest BCUT2D eigenvalue weighted by molar-refractivity contribution is 7.88. The van der Waals surface area contributed by atoms with Crippen molar-refractivity contribution in [1.29, 1.82) is 0 Å². The van der Waals surface area contributed by atoms with Crippen LogP contribution in [0.5, 0.6) is 0 Å². The summed E-state index contributed by atoms with van der Waals surface area (Å²) in [6.07, 6.45) is 3.76. The topological polar surface area (TPSA) is 89.9 Å². The van der Waals surface area contributed by atoms with Crippen LogP contribution in [0.2, 0.25) is 0 Å². The zero-order valence-corrected chi connectivity index (χ0v) is 14.2. The van der Waals surface area contributed by atoms with Crippen LogP contribution in [0, 0.1) is 11.8 Å². The van der Waals surface area contributed by atoms with Crippen LogP contribution < -0.4 is 5.32 Å². The lowest BCUT2D eigenvalue weighted by Gasteiger charge is -2.20. The monoisotopic (exact) mass is 333 g/mol. The summed E-state index contributed by atoms with van der Waals surface area (Å²) >= 11 is 0. The second kappa shape index (κ2) is 7.25. The second-order valence-electron chi connectivity index (χ2n) is 6.49. The van der Waals surface area contributed by atoms with Crippen LogP contribution in [0.25, 0.3) is 0 Å². The molecule has 0 aromatic carbocycles. The van der Waals surface area contributed by atoms with Crippen molar-refractivity contribution in [1.82, 2.24) is 14.5 Å². The van der Waals surface area contributed by atoms with Crippen molar-refractivity contribution < 1.29 is 18.3 Å². The van der Waals surface area contributed by atoms with Crippen LogP contribution in [0.4, 0.5) is 0 Å². The number of nitrogens with one attached hydrogen (secondary N) is 1. The van der Waals surface area contributed by atoms with Crippen molar-refractivity contribution in [3.63, 3.8) is 0 Å².